The Morgan fingerprint density at radius 3 is 2.29 bits per heavy atom. The second kappa shape index (κ2) is 7.81. The van der Waals surface area contributed by atoms with Crippen LogP contribution in [0.2, 0.25) is 0 Å². The summed E-state index contributed by atoms with van der Waals surface area (Å²) >= 11 is 0. The van der Waals surface area contributed by atoms with Gasteiger partial charge >= 0.3 is 5.97 Å². The number of anilines is 1. The van der Waals surface area contributed by atoms with Crippen molar-refractivity contribution in [2.45, 2.75) is 27.7 Å². The first-order valence-electron chi connectivity index (χ1n) is 7.25. The predicted molar refractivity (Wildman–Crippen MR) is 85.0 cm³/mol. The molecular weight excluding hydrogens is 269 g/mol. The lowest BCUT2D eigenvalue weighted by Crippen LogP contribution is -2.32. The average molecular weight is 293 g/mol. The summed E-state index contributed by atoms with van der Waals surface area (Å²) in [6, 6.07) is 4.76. The molecule has 0 fully saturated rings. The largest absolute Gasteiger partial charge is 0.478 e. The standard InChI is InChI=1S/C17H24FNO2/c1-12(2)10-19(11-13(3)4)17-14(8-9-16(20)21)6-5-7-15(17)18/h5-9,12-13H,10-11H2,1-4H3,(H,20,21)/b9-8+. The zero-order valence-corrected chi connectivity index (χ0v) is 13.1. The van der Waals surface area contributed by atoms with Gasteiger partial charge < -0.3 is 10.0 Å². The second-order valence-corrected chi connectivity index (χ2v) is 6.04. The lowest BCUT2D eigenvalue weighted by Gasteiger charge is -2.30. The Hall–Kier alpha value is -1.84. The maximum Gasteiger partial charge on any atom is 0.328 e. The lowest BCUT2D eigenvalue weighted by molar-refractivity contribution is -0.131. The first-order valence-corrected chi connectivity index (χ1v) is 7.25. The molecular formula is C17H24FNO2. The third-order valence-electron chi connectivity index (χ3n) is 2.91. The van der Waals surface area contributed by atoms with Crippen LogP contribution in [0.1, 0.15) is 33.3 Å². The van der Waals surface area contributed by atoms with Crippen molar-refractivity contribution >= 4 is 17.7 Å². The molecule has 21 heavy (non-hydrogen) atoms. The molecule has 0 aliphatic heterocycles. The molecule has 0 atom stereocenters. The smallest absolute Gasteiger partial charge is 0.328 e. The Balaban J connectivity index is 3.24. The summed E-state index contributed by atoms with van der Waals surface area (Å²) in [6.07, 6.45) is 2.50. The Labute approximate surface area is 126 Å². The van der Waals surface area contributed by atoms with Crippen molar-refractivity contribution in [2.75, 3.05) is 18.0 Å². The van der Waals surface area contributed by atoms with E-state index in [9.17, 15) is 9.18 Å². The van der Waals surface area contributed by atoms with Gasteiger partial charge in [-0.1, -0.05) is 39.8 Å². The van der Waals surface area contributed by atoms with Gasteiger partial charge in [-0.05, 0) is 24.0 Å². The third kappa shape index (κ3) is 5.58. The highest BCUT2D eigenvalue weighted by molar-refractivity contribution is 5.87. The van der Waals surface area contributed by atoms with Crippen LogP contribution in [0.25, 0.3) is 6.08 Å². The van der Waals surface area contributed by atoms with Crippen molar-refractivity contribution in [3.63, 3.8) is 0 Å². The zero-order chi connectivity index (χ0) is 16.0. The second-order valence-electron chi connectivity index (χ2n) is 6.04. The van der Waals surface area contributed by atoms with Crippen molar-refractivity contribution in [1.29, 1.82) is 0 Å². The molecule has 116 valence electrons. The number of carboxylic acids is 1. The molecule has 0 unspecified atom stereocenters. The highest BCUT2D eigenvalue weighted by atomic mass is 19.1. The summed E-state index contributed by atoms with van der Waals surface area (Å²) in [5, 5.41) is 8.77. The van der Waals surface area contributed by atoms with E-state index in [4.69, 9.17) is 5.11 Å². The molecule has 3 nitrogen and oxygen atoms in total. The van der Waals surface area contributed by atoms with Crippen molar-refractivity contribution in [2.24, 2.45) is 11.8 Å². The van der Waals surface area contributed by atoms with Gasteiger partial charge in [0.25, 0.3) is 0 Å². The fourth-order valence-corrected chi connectivity index (χ4v) is 2.30. The number of carbonyl (C=O) groups is 1. The van der Waals surface area contributed by atoms with E-state index in [1.54, 1.807) is 12.1 Å². The molecule has 0 saturated carbocycles. The minimum absolute atomic E-state index is 0.316. The maximum absolute atomic E-state index is 14.3. The van der Waals surface area contributed by atoms with Gasteiger partial charge in [-0.3, -0.25) is 0 Å². The van der Waals surface area contributed by atoms with Gasteiger partial charge in [-0.25, -0.2) is 9.18 Å². The summed E-state index contributed by atoms with van der Waals surface area (Å²) in [7, 11) is 0. The molecule has 1 aromatic rings. The van der Waals surface area contributed by atoms with E-state index in [-0.39, 0.29) is 5.82 Å². The van der Waals surface area contributed by atoms with Crippen LogP contribution in [-0.4, -0.2) is 24.2 Å². The number of hydrogen-bond donors (Lipinski definition) is 1. The fourth-order valence-electron chi connectivity index (χ4n) is 2.30. The van der Waals surface area contributed by atoms with Crippen LogP contribution in [0, 0.1) is 17.7 Å². The first-order chi connectivity index (χ1) is 9.81. The number of nitrogens with zero attached hydrogens (tertiary/aromatic N) is 1. The van der Waals surface area contributed by atoms with E-state index < -0.39 is 5.97 Å². The van der Waals surface area contributed by atoms with Crippen LogP contribution >= 0.6 is 0 Å². The molecule has 0 spiro atoms. The van der Waals surface area contributed by atoms with Crippen LogP contribution < -0.4 is 4.90 Å². The number of benzene rings is 1. The Morgan fingerprint density at radius 2 is 1.81 bits per heavy atom. The molecule has 0 aliphatic rings. The Bertz CT molecular complexity index is 500. The van der Waals surface area contributed by atoms with Crippen LogP contribution in [0.5, 0.6) is 0 Å². The third-order valence-corrected chi connectivity index (χ3v) is 2.91. The van der Waals surface area contributed by atoms with E-state index in [0.29, 0.717) is 23.1 Å². The summed E-state index contributed by atoms with van der Waals surface area (Å²) in [5.74, 6) is -0.576. The lowest BCUT2D eigenvalue weighted by atomic mass is 10.1. The summed E-state index contributed by atoms with van der Waals surface area (Å²) in [6.45, 7) is 9.80. The molecule has 1 N–H and O–H groups in total. The van der Waals surface area contributed by atoms with Gasteiger partial charge in [-0.2, -0.15) is 0 Å². The summed E-state index contributed by atoms with van der Waals surface area (Å²) in [4.78, 5) is 12.7. The topological polar surface area (TPSA) is 40.5 Å². The molecule has 0 aliphatic carbocycles. The van der Waals surface area contributed by atoms with Crippen molar-refractivity contribution in [1.82, 2.24) is 0 Å². The Morgan fingerprint density at radius 1 is 1.24 bits per heavy atom. The van der Waals surface area contributed by atoms with E-state index >= 15 is 0 Å². The van der Waals surface area contributed by atoms with E-state index in [1.807, 2.05) is 4.90 Å². The average Bonchev–Trinajstić information content (AvgIpc) is 2.34. The molecule has 1 rings (SSSR count). The molecule has 1 aromatic carbocycles. The van der Waals surface area contributed by atoms with E-state index in [2.05, 4.69) is 27.7 Å². The molecule has 0 radical (unpaired) electrons. The molecule has 0 amide bonds. The van der Waals surface area contributed by atoms with Crippen LogP contribution in [0.4, 0.5) is 10.1 Å². The SMILES string of the molecule is CC(C)CN(CC(C)C)c1c(F)cccc1/C=C/C(=O)O. The van der Waals surface area contributed by atoms with Gasteiger partial charge in [0, 0.05) is 24.7 Å². The number of carboxylic acid groups (broad SMARTS) is 1. The molecule has 0 heterocycles. The van der Waals surface area contributed by atoms with E-state index in [0.717, 1.165) is 19.2 Å². The van der Waals surface area contributed by atoms with Crippen LogP contribution in [-0.2, 0) is 4.79 Å². The fraction of sp³-hybridized carbons (Fsp3) is 0.471. The monoisotopic (exact) mass is 293 g/mol. The van der Waals surface area contributed by atoms with Crippen LogP contribution in [0.3, 0.4) is 0 Å². The number of para-hydroxylation sites is 1. The van der Waals surface area contributed by atoms with Gasteiger partial charge in [0.1, 0.15) is 5.82 Å². The molecule has 0 saturated heterocycles. The number of rotatable bonds is 7. The molecule has 0 bridgehead atoms. The van der Waals surface area contributed by atoms with Gasteiger partial charge in [-0.15, -0.1) is 0 Å². The van der Waals surface area contributed by atoms with Gasteiger partial charge in [0.2, 0.25) is 0 Å². The predicted octanol–water partition coefficient (Wildman–Crippen LogP) is 4.04. The number of hydrogen-bond acceptors (Lipinski definition) is 2. The maximum atomic E-state index is 14.3. The summed E-state index contributed by atoms with van der Waals surface area (Å²) in [5.41, 5.74) is 1.08. The highest BCUT2D eigenvalue weighted by Gasteiger charge is 2.17. The number of halogens is 1. The summed E-state index contributed by atoms with van der Waals surface area (Å²) < 4.78 is 14.3. The van der Waals surface area contributed by atoms with Gasteiger partial charge in [0.15, 0.2) is 0 Å². The van der Waals surface area contributed by atoms with Crippen molar-refractivity contribution < 1.29 is 14.3 Å². The minimum Gasteiger partial charge on any atom is -0.478 e. The van der Waals surface area contributed by atoms with Crippen molar-refractivity contribution in [3.05, 3.63) is 35.7 Å². The Kier molecular flexibility index (Phi) is 6.40. The van der Waals surface area contributed by atoms with Crippen molar-refractivity contribution in [3.8, 4) is 0 Å². The molecule has 4 heteroatoms. The normalized spacial score (nSPS) is 11.6. The highest BCUT2D eigenvalue weighted by Crippen LogP contribution is 2.27. The first kappa shape index (κ1) is 17.2. The van der Waals surface area contributed by atoms with Gasteiger partial charge in [0.05, 0.1) is 5.69 Å². The zero-order valence-electron chi connectivity index (χ0n) is 13.1. The van der Waals surface area contributed by atoms with E-state index in [1.165, 1.54) is 12.1 Å². The molecule has 0 aromatic heterocycles. The quantitative estimate of drug-likeness (QED) is 0.771. The van der Waals surface area contributed by atoms with Crippen LogP contribution in [0.15, 0.2) is 24.3 Å². The number of aliphatic carboxylic acids is 1. The minimum atomic E-state index is -1.04.